The van der Waals surface area contributed by atoms with Gasteiger partial charge in [-0.15, -0.1) is 23.2 Å². The van der Waals surface area contributed by atoms with E-state index >= 15 is 0 Å². The van der Waals surface area contributed by atoms with Crippen LogP contribution in [-0.4, -0.2) is 0 Å². The lowest BCUT2D eigenvalue weighted by Crippen LogP contribution is -2.05. The van der Waals surface area contributed by atoms with Crippen LogP contribution in [0.25, 0.3) is 0 Å². The van der Waals surface area contributed by atoms with Crippen molar-refractivity contribution < 1.29 is 4.74 Å². The molecule has 3 heteroatoms. The molecule has 0 N–H and O–H groups in total. The quantitative estimate of drug-likeness (QED) is 0.185. The van der Waals surface area contributed by atoms with Gasteiger partial charge in [0.1, 0.15) is 11.5 Å². The first-order valence-electron chi connectivity index (χ1n) is 13.0. The van der Waals surface area contributed by atoms with Crippen molar-refractivity contribution in [1.82, 2.24) is 0 Å². The van der Waals surface area contributed by atoms with Crippen LogP contribution in [0.4, 0.5) is 0 Å². The summed E-state index contributed by atoms with van der Waals surface area (Å²) < 4.78 is 6.71. The molecule has 0 radical (unpaired) electrons. The van der Waals surface area contributed by atoms with E-state index in [0.717, 1.165) is 35.5 Å². The molecule has 4 aromatic rings. The predicted molar refractivity (Wildman–Crippen MR) is 159 cm³/mol. The maximum absolute atomic E-state index is 6.71. The lowest BCUT2D eigenvalue weighted by molar-refractivity contribution is 0.460. The fourth-order valence-electron chi connectivity index (χ4n) is 4.87. The van der Waals surface area contributed by atoms with Gasteiger partial charge in [0.2, 0.25) is 0 Å². The lowest BCUT2D eigenvalue weighted by Gasteiger charge is -2.22. The second kappa shape index (κ2) is 12.7. The van der Waals surface area contributed by atoms with Gasteiger partial charge in [-0.05, 0) is 84.0 Å². The molecule has 192 valence electrons. The number of hydrogen-bond donors (Lipinski definition) is 0. The summed E-state index contributed by atoms with van der Waals surface area (Å²) in [5.41, 5.74) is 9.85. The Labute approximate surface area is 232 Å². The van der Waals surface area contributed by atoms with Crippen molar-refractivity contribution >= 4 is 23.2 Å². The molecule has 37 heavy (non-hydrogen) atoms. The highest BCUT2D eigenvalue weighted by atomic mass is 35.5. The summed E-state index contributed by atoms with van der Waals surface area (Å²) in [5.74, 6) is 3.56. The standard InChI is InChI=1S/C34H36Cl2O/c1-23-5-15-33(31(17-23)25(3)19-27-7-11-29(21-35)12-8-27)37-34-16-6-24(2)18-32(34)26(4)20-28-9-13-30(22-36)14-10-28/h5-18,25-26H,19-22H2,1-4H3. The van der Waals surface area contributed by atoms with Crippen molar-refractivity contribution in [3.63, 3.8) is 0 Å². The first-order valence-corrected chi connectivity index (χ1v) is 14.1. The van der Waals surface area contributed by atoms with Crippen LogP contribution < -0.4 is 4.74 Å². The maximum Gasteiger partial charge on any atom is 0.130 e. The van der Waals surface area contributed by atoms with Gasteiger partial charge in [-0.3, -0.25) is 0 Å². The molecule has 1 nitrogen and oxygen atoms in total. The van der Waals surface area contributed by atoms with Gasteiger partial charge in [0.15, 0.2) is 0 Å². The number of hydrogen-bond acceptors (Lipinski definition) is 1. The maximum atomic E-state index is 6.71. The SMILES string of the molecule is Cc1ccc(Oc2ccc(C)cc2C(C)Cc2ccc(CCl)cc2)c(C(C)Cc2ccc(CCl)cc2)c1. The zero-order valence-corrected chi connectivity index (χ0v) is 23.7. The van der Waals surface area contributed by atoms with Crippen molar-refractivity contribution in [2.45, 2.75) is 64.1 Å². The molecule has 0 aliphatic rings. The number of alkyl halides is 2. The normalized spacial score (nSPS) is 12.8. The van der Waals surface area contributed by atoms with Gasteiger partial charge >= 0.3 is 0 Å². The van der Waals surface area contributed by atoms with Crippen molar-refractivity contribution in [3.8, 4) is 11.5 Å². The smallest absolute Gasteiger partial charge is 0.130 e. The molecule has 0 saturated carbocycles. The molecular formula is C34H36Cl2O. The van der Waals surface area contributed by atoms with Crippen molar-refractivity contribution in [2.24, 2.45) is 0 Å². The Hall–Kier alpha value is -2.74. The third-order valence-corrected chi connectivity index (χ3v) is 7.67. The van der Waals surface area contributed by atoms with E-state index in [4.69, 9.17) is 27.9 Å². The van der Waals surface area contributed by atoms with E-state index < -0.39 is 0 Å². The number of benzene rings is 4. The Bertz CT molecular complexity index is 1210. The molecule has 2 atom stereocenters. The van der Waals surface area contributed by atoms with E-state index in [0.29, 0.717) is 23.6 Å². The first kappa shape index (κ1) is 27.3. The molecule has 0 spiro atoms. The van der Waals surface area contributed by atoms with E-state index in [9.17, 15) is 0 Å². The summed E-state index contributed by atoms with van der Waals surface area (Å²) in [4.78, 5) is 0. The second-order valence-corrected chi connectivity index (χ2v) is 10.8. The van der Waals surface area contributed by atoms with Gasteiger partial charge in [0.25, 0.3) is 0 Å². The van der Waals surface area contributed by atoms with E-state index in [2.05, 4.69) is 113 Å². The Kier molecular flexibility index (Phi) is 9.35. The molecule has 0 heterocycles. The van der Waals surface area contributed by atoms with E-state index in [1.165, 1.54) is 33.4 Å². The highest BCUT2D eigenvalue weighted by Crippen LogP contribution is 2.38. The monoisotopic (exact) mass is 530 g/mol. The number of rotatable bonds is 10. The van der Waals surface area contributed by atoms with Gasteiger partial charge in [-0.1, -0.05) is 97.8 Å². The summed E-state index contributed by atoms with van der Waals surface area (Å²) in [5, 5.41) is 0. The van der Waals surface area contributed by atoms with Gasteiger partial charge < -0.3 is 4.74 Å². The molecule has 0 fully saturated rings. The molecule has 2 unspecified atom stereocenters. The van der Waals surface area contributed by atoms with E-state index in [1.54, 1.807) is 0 Å². The summed E-state index contributed by atoms with van der Waals surface area (Å²) in [6, 6.07) is 30.3. The topological polar surface area (TPSA) is 9.23 Å². The zero-order chi connectivity index (χ0) is 26.4. The second-order valence-electron chi connectivity index (χ2n) is 10.3. The van der Waals surface area contributed by atoms with Crippen LogP contribution in [-0.2, 0) is 24.6 Å². The van der Waals surface area contributed by atoms with Gasteiger partial charge in [0, 0.05) is 11.8 Å². The molecule has 0 amide bonds. The van der Waals surface area contributed by atoms with Crippen molar-refractivity contribution in [1.29, 1.82) is 0 Å². The van der Waals surface area contributed by atoms with E-state index in [-0.39, 0.29) is 0 Å². The van der Waals surface area contributed by atoms with Crippen LogP contribution >= 0.6 is 23.2 Å². The number of aryl methyl sites for hydroxylation is 2. The molecule has 0 saturated heterocycles. The summed E-state index contributed by atoms with van der Waals surface area (Å²) >= 11 is 12.0. The average Bonchev–Trinajstić information content (AvgIpc) is 2.91. The summed E-state index contributed by atoms with van der Waals surface area (Å²) in [7, 11) is 0. The van der Waals surface area contributed by atoms with Crippen LogP contribution in [0.5, 0.6) is 11.5 Å². The number of ether oxygens (including phenoxy) is 1. The molecule has 4 aromatic carbocycles. The lowest BCUT2D eigenvalue weighted by atomic mass is 9.91. The minimum Gasteiger partial charge on any atom is -0.457 e. The third-order valence-electron chi connectivity index (χ3n) is 7.05. The van der Waals surface area contributed by atoms with Gasteiger partial charge in [-0.25, -0.2) is 0 Å². The van der Waals surface area contributed by atoms with Crippen LogP contribution in [0.3, 0.4) is 0 Å². The molecule has 0 bridgehead atoms. The minimum atomic E-state index is 0.309. The zero-order valence-electron chi connectivity index (χ0n) is 22.2. The Morgan fingerprint density at radius 3 is 1.24 bits per heavy atom. The van der Waals surface area contributed by atoms with Gasteiger partial charge in [0.05, 0.1) is 0 Å². The largest absolute Gasteiger partial charge is 0.457 e. The van der Waals surface area contributed by atoms with Crippen LogP contribution in [0.2, 0.25) is 0 Å². The van der Waals surface area contributed by atoms with Crippen molar-refractivity contribution in [3.05, 3.63) is 129 Å². The third kappa shape index (κ3) is 7.18. The average molecular weight is 532 g/mol. The van der Waals surface area contributed by atoms with Crippen LogP contribution in [0, 0.1) is 13.8 Å². The molecule has 0 aromatic heterocycles. The summed E-state index contributed by atoms with van der Waals surface area (Å²) in [6.45, 7) is 8.84. The first-order chi connectivity index (χ1) is 17.9. The fraction of sp³-hybridized carbons (Fsp3) is 0.294. The number of halogens is 2. The highest BCUT2D eigenvalue weighted by molar-refractivity contribution is 6.17. The van der Waals surface area contributed by atoms with Crippen molar-refractivity contribution in [2.75, 3.05) is 0 Å². The predicted octanol–water partition coefficient (Wildman–Crippen LogP) is 10.3. The molecule has 4 rings (SSSR count). The minimum absolute atomic E-state index is 0.309. The Morgan fingerprint density at radius 2 is 0.892 bits per heavy atom. The molecule has 0 aliphatic heterocycles. The Balaban J connectivity index is 1.59. The fourth-order valence-corrected chi connectivity index (χ4v) is 5.22. The van der Waals surface area contributed by atoms with Crippen LogP contribution in [0.1, 0.15) is 70.2 Å². The Morgan fingerprint density at radius 1 is 0.541 bits per heavy atom. The highest BCUT2D eigenvalue weighted by Gasteiger charge is 2.18. The molecule has 0 aliphatic carbocycles. The molecular weight excluding hydrogens is 495 g/mol. The summed E-state index contributed by atoms with van der Waals surface area (Å²) in [6.07, 6.45) is 1.88. The van der Waals surface area contributed by atoms with Crippen LogP contribution in [0.15, 0.2) is 84.9 Å². The van der Waals surface area contributed by atoms with E-state index in [1.807, 2.05) is 0 Å². The van der Waals surface area contributed by atoms with Gasteiger partial charge in [-0.2, -0.15) is 0 Å².